The van der Waals surface area contributed by atoms with Crippen LogP contribution in [-0.4, -0.2) is 17.0 Å². The van der Waals surface area contributed by atoms with Gasteiger partial charge in [0.2, 0.25) is 0 Å². The predicted octanol–water partition coefficient (Wildman–Crippen LogP) is 3.77. The van der Waals surface area contributed by atoms with Gasteiger partial charge in [-0.05, 0) is 24.3 Å². The van der Waals surface area contributed by atoms with E-state index in [0.29, 0.717) is 16.1 Å². The van der Waals surface area contributed by atoms with E-state index in [1.165, 1.54) is 24.4 Å². The number of amides is 1. The van der Waals surface area contributed by atoms with Gasteiger partial charge in [0.05, 0.1) is 11.1 Å². The molecule has 0 bridgehead atoms. The number of nitro groups is 1. The van der Waals surface area contributed by atoms with Crippen LogP contribution in [-0.2, 0) is 0 Å². The molecule has 0 aliphatic rings. The minimum atomic E-state index is -0.534. The third-order valence-corrected chi connectivity index (χ3v) is 3.48. The summed E-state index contributed by atoms with van der Waals surface area (Å²) in [7, 11) is 0. The van der Waals surface area contributed by atoms with Gasteiger partial charge in [0, 0.05) is 32.8 Å². The molecule has 112 valence electrons. The van der Waals surface area contributed by atoms with Crippen LogP contribution in [0.2, 0.25) is 5.02 Å². The number of hydrazone groups is 1. The van der Waals surface area contributed by atoms with Crippen molar-refractivity contribution in [1.82, 2.24) is 5.43 Å². The summed E-state index contributed by atoms with van der Waals surface area (Å²) in [6.45, 7) is 0. The SMILES string of the molecule is O=C(N/N=C/c1cc([N+](=O)[O-])ccc1Cl)c1cccc(Br)c1. The van der Waals surface area contributed by atoms with Gasteiger partial charge in [-0.1, -0.05) is 33.6 Å². The van der Waals surface area contributed by atoms with E-state index >= 15 is 0 Å². The molecule has 1 N–H and O–H groups in total. The van der Waals surface area contributed by atoms with Crippen LogP contribution in [0.4, 0.5) is 5.69 Å². The number of hydrogen-bond donors (Lipinski definition) is 1. The number of hydrogen-bond acceptors (Lipinski definition) is 4. The molecule has 0 fully saturated rings. The average molecular weight is 383 g/mol. The Hall–Kier alpha value is -2.25. The van der Waals surface area contributed by atoms with E-state index in [2.05, 4.69) is 26.5 Å². The highest BCUT2D eigenvalue weighted by molar-refractivity contribution is 9.10. The molecule has 0 spiro atoms. The first-order valence-electron chi connectivity index (χ1n) is 6.00. The number of carbonyl (C=O) groups excluding carboxylic acids is 1. The maximum absolute atomic E-state index is 11.9. The Labute approximate surface area is 139 Å². The Kier molecular flexibility index (Phi) is 5.24. The molecule has 8 heteroatoms. The zero-order valence-corrected chi connectivity index (χ0v) is 13.3. The maximum Gasteiger partial charge on any atom is 0.271 e. The number of benzene rings is 2. The van der Waals surface area contributed by atoms with Crippen molar-refractivity contribution in [3.05, 3.63) is 73.2 Å². The maximum atomic E-state index is 11.9. The van der Waals surface area contributed by atoms with Gasteiger partial charge in [0.15, 0.2) is 0 Å². The van der Waals surface area contributed by atoms with E-state index < -0.39 is 10.8 Å². The molecule has 0 aliphatic heterocycles. The van der Waals surface area contributed by atoms with E-state index in [-0.39, 0.29) is 5.69 Å². The van der Waals surface area contributed by atoms with E-state index in [9.17, 15) is 14.9 Å². The van der Waals surface area contributed by atoms with E-state index in [1.807, 2.05) is 0 Å². The standard InChI is InChI=1S/C14H9BrClN3O3/c15-11-3-1-2-9(6-11)14(20)18-17-8-10-7-12(19(21)22)4-5-13(10)16/h1-8H,(H,18,20)/b17-8+. The van der Waals surface area contributed by atoms with Crippen molar-refractivity contribution in [3.8, 4) is 0 Å². The number of rotatable bonds is 4. The first-order valence-corrected chi connectivity index (χ1v) is 7.17. The molecule has 0 saturated carbocycles. The van der Waals surface area contributed by atoms with E-state index in [4.69, 9.17) is 11.6 Å². The lowest BCUT2D eigenvalue weighted by Gasteiger charge is -2.01. The van der Waals surface area contributed by atoms with Crippen LogP contribution >= 0.6 is 27.5 Å². The van der Waals surface area contributed by atoms with Crippen LogP contribution in [0.25, 0.3) is 0 Å². The molecular formula is C14H9BrClN3O3. The Morgan fingerprint density at radius 3 is 2.77 bits per heavy atom. The van der Waals surface area contributed by atoms with Gasteiger partial charge in [-0.2, -0.15) is 5.10 Å². The van der Waals surface area contributed by atoms with Gasteiger partial charge in [-0.15, -0.1) is 0 Å². The summed E-state index contributed by atoms with van der Waals surface area (Å²) in [5.74, 6) is -0.404. The number of nitrogens with zero attached hydrogens (tertiary/aromatic N) is 2. The van der Waals surface area contributed by atoms with Crippen molar-refractivity contribution in [1.29, 1.82) is 0 Å². The van der Waals surface area contributed by atoms with Crippen LogP contribution in [0.3, 0.4) is 0 Å². The van der Waals surface area contributed by atoms with Crippen molar-refractivity contribution in [2.75, 3.05) is 0 Å². The van der Waals surface area contributed by atoms with Crippen LogP contribution in [0, 0.1) is 10.1 Å². The lowest BCUT2D eigenvalue weighted by molar-refractivity contribution is -0.384. The summed E-state index contributed by atoms with van der Waals surface area (Å²) in [4.78, 5) is 22.0. The van der Waals surface area contributed by atoms with Crippen molar-refractivity contribution in [2.24, 2.45) is 5.10 Å². The molecule has 22 heavy (non-hydrogen) atoms. The molecule has 2 aromatic carbocycles. The monoisotopic (exact) mass is 381 g/mol. The third kappa shape index (κ3) is 4.12. The summed E-state index contributed by atoms with van der Waals surface area (Å²) in [6, 6.07) is 10.8. The lowest BCUT2D eigenvalue weighted by Crippen LogP contribution is -2.17. The van der Waals surface area contributed by atoms with Gasteiger partial charge in [0.1, 0.15) is 0 Å². The Bertz CT molecular complexity index is 765. The molecule has 0 aromatic heterocycles. The lowest BCUT2D eigenvalue weighted by atomic mass is 10.2. The first-order chi connectivity index (χ1) is 10.5. The minimum Gasteiger partial charge on any atom is -0.267 e. The number of non-ortho nitro benzene ring substituents is 1. The van der Waals surface area contributed by atoms with Crippen molar-refractivity contribution < 1.29 is 9.72 Å². The highest BCUT2D eigenvalue weighted by Gasteiger charge is 2.08. The van der Waals surface area contributed by atoms with Crippen molar-refractivity contribution in [3.63, 3.8) is 0 Å². The topological polar surface area (TPSA) is 84.6 Å². The van der Waals surface area contributed by atoms with Crippen LogP contribution in [0.5, 0.6) is 0 Å². The molecule has 1 amide bonds. The van der Waals surface area contributed by atoms with Gasteiger partial charge in [0.25, 0.3) is 11.6 Å². The van der Waals surface area contributed by atoms with E-state index in [1.54, 1.807) is 24.3 Å². The largest absolute Gasteiger partial charge is 0.271 e. The van der Waals surface area contributed by atoms with E-state index in [0.717, 1.165) is 4.47 Å². The molecule has 0 radical (unpaired) electrons. The average Bonchev–Trinajstić information content (AvgIpc) is 2.48. The fourth-order valence-electron chi connectivity index (χ4n) is 1.60. The highest BCUT2D eigenvalue weighted by atomic mass is 79.9. The Morgan fingerprint density at radius 1 is 1.32 bits per heavy atom. The fraction of sp³-hybridized carbons (Fsp3) is 0. The zero-order valence-electron chi connectivity index (χ0n) is 11.0. The van der Waals surface area contributed by atoms with Gasteiger partial charge >= 0.3 is 0 Å². The number of nitro benzene ring substituents is 1. The summed E-state index contributed by atoms with van der Waals surface area (Å²) >= 11 is 9.19. The van der Waals surface area contributed by atoms with Crippen molar-refractivity contribution in [2.45, 2.75) is 0 Å². The summed E-state index contributed by atoms with van der Waals surface area (Å²) in [5.41, 5.74) is 2.99. The zero-order chi connectivity index (χ0) is 16.1. The van der Waals surface area contributed by atoms with Gasteiger partial charge < -0.3 is 0 Å². The smallest absolute Gasteiger partial charge is 0.267 e. The highest BCUT2D eigenvalue weighted by Crippen LogP contribution is 2.20. The van der Waals surface area contributed by atoms with Gasteiger partial charge in [-0.3, -0.25) is 14.9 Å². The normalized spacial score (nSPS) is 10.6. The second-order valence-corrected chi connectivity index (χ2v) is 5.50. The van der Waals surface area contributed by atoms with Crippen LogP contribution in [0.1, 0.15) is 15.9 Å². The molecular weight excluding hydrogens is 374 g/mol. The molecule has 0 aliphatic carbocycles. The number of carbonyl (C=O) groups is 1. The van der Waals surface area contributed by atoms with Crippen LogP contribution < -0.4 is 5.43 Å². The predicted molar refractivity (Wildman–Crippen MR) is 87.3 cm³/mol. The quantitative estimate of drug-likeness (QED) is 0.496. The summed E-state index contributed by atoms with van der Waals surface area (Å²) in [5, 5.41) is 14.8. The summed E-state index contributed by atoms with van der Waals surface area (Å²) in [6.07, 6.45) is 1.26. The van der Waals surface area contributed by atoms with Gasteiger partial charge in [-0.25, -0.2) is 5.43 Å². The van der Waals surface area contributed by atoms with Crippen molar-refractivity contribution >= 4 is 45.3 Å². The second kappa shape index (κ2) is 7.15. The molecule has 2 rings (SSSR count). The molecule has 2 aromatic rings. The number of halogens is 2. The Morgan fingerprint density at radius 2 is 2.09 bits per heavy atom. The second-order valence-electron chi connectivity index (χ2n) is 4.17. The van der Waals surface area contributed by atoms with Crippen LogP contribution in [0.15, 0.2) is 52.0 Å². The molecule has 0 heterocycles. The number of nitrogens with one attached hydrogen (secondary N) is 1. The Balaban J connectivity index is 2.11. The molecule has 0 saturated heterocycles. The molecule has 0 unspecified atom stereocenters. The molecule has 6 nitrogen and oxygen atoms in total. The first kappa shape index (κ1) is 16.1. The summed E-state index contributed by atoms with van der Waals surface area (Å²) < 4.78 is 0.769. The minimum absolute atomic E-state index is 0.107. The molecule has 0 atom stereocenters. The third-order valence-electron chi connectivity index (χ3n) is 2.65. The fourth-order valence-corrected chi connectivity index (χ4v) is 2.16.